The molecule has 1 unspecified atom stereocenters. The summed E-state index contributed by atoms with van der Waals surface area (Å²) in [4.78, 5) is 23.8. The Bertz CT molecular complexity index is 585. The van der Waals surface area contributed by atoms with Crippen molar-refractivity contribution in [2.45, 2.75) is 31.5 Å². The average Bonchev–Trinajstić information content (AvgIpc) is 2.72. The van der Waals surface area contributed by atoms with E-state index < -0.39 is 29.3 Å². The van der Waals surface area contributed by atoms with Gasteiger partial charge >= 0.3 is 18.2 Å². The fraction of sp³-hybridized carbons (Fsp3) is 0.429. The van der Waals surface area contributed by atoms with Crippen LogP contribution in [0.1, 0.15) is 25.3 Å². The number of ether oxygens (including phenoxy) is 1. The van der Waals surface area contributed by atoms with Gasteiger partial charge in [-0.1, -0.05) is 0 Å². The zero-order valence-corrected chi connectivity index (χ0v) is 11.7. The fourth-order valence-corrected chi connectivity index (χ4v) is 2.34. The molecule has 1 aliphatic rings. The number of aliphatic carboxylic acids is 1. The highest BCUT2D eigenvalue weighted by Gasteiger charge is 2.45. The maximum Gasteiger partial charge on any atom is 0.416 e. The lowest BCUT2D eigenvalue weighted by atomic mass is 9.95. The third-order valence-electron chi connectivity index (χ3n) is 3.56. The molecule has 0 radical (unpaired) electrons. The number of halogens is 3. The molecule has 1 atom stereocenters. The fourth-order valence-electron chi connectivity index (χ4n) is 2.34. The number of hydrogen-bond donors (Lipinski definition) is 1. The van der Waals surface area contributed by atoms with Crippen molar-refractivity contribution in [1.82, 2.24) is 0 Å². The monoisotopic (exact) mass is 317 g/mol. The molecule has 1 aliphatic heterocycles. The Labute approximate surface area is 124 Å². The van der Waals surface area contributed by atoms with Crippen molar-refractivity contribution in [2.24, 2.45) is 0 Å². The van der Waals surface area contributed by atoms with Gasteiger partial charge in [-0.3, -0.25) is 9.69 Å². The van der Waals surface area contributed by atoms with Gasteiger partial charge in [0.1, 0.15) is 6.61 Å². The predicted molar refractivity (Wildman–Crippen MR) is 70.5 cm³/mol. The van der Waals surface area contributed by atoms with Gasteiger partial charge < -0.3 is 9.84 Å². The van der Waals surface area contributed by atoms with Crippen molar-refractivity contribution >= 4 is 17.7 Å². The van der Waals surface area contributed by atoms with Crippen LogP contribution in [0.4, 0.5) is 23.7 Å². The second-order valence-corrected chi connectivity index (χ2v) is 5.33. The summed E-state index contributed by atoms with van der Waals surface area (Å²) in [6.07, 6.45) is -5.21. The van der Waals surface area contributed by atoms with Crippen LogP contribution in [0, 0.1) is 0 Å². The molecular formula is C14H14F3NO4. The van der Waals surface area contributed by atoms with Gasteiger partial charge in [0, 0.05) is 12.1 Å². The number of hydrogen-bond acceptors (Lipinski definition) is 3. The van der Waals surface area contributed by atoms with E-state index in [0.717, 1.165) is 12.1 Å². The number of carboxylic acids is 1. The molecule has 0 spiro atoms. The van der Waals surface area contributed by atoms with Crippen LogP contribution < -0.4 is 4.90 Å². The Morgan fingerprint density at radius 3 is 2.45 bits per heavy atom. The first-order chi connectivity index (χ1) is 10.1. The predicted octanol–water partition coefficient (Wildman–Crippen LogP) is 3.29. The first kappa shape index (κ1) is 16.1. The Hall–Kier alpha value is -2.25. The highest BCUT2D eigenvalue weighted by Crippen LogP contribution is 2.36. The van der Waals surface area contributed by atoms with Crippen LogP contribution in [0.3, 0.4) is 0 Å². The molecule has 1 saturated heterocycles. The highest BCUT2D eigenvalue weighted by atomic mass is 19.4. The number of anilines is 1. The van der Waals surface area contributed by atoms with Gasteiger partial charge in [-0.05, 0) is 37.6 Å². The summed E-state index contributed by atoms with van der Waals surface area (Å²) in [7, 11) is 0. The van der Waals surface area contributed by atoms with E-state index in [1.807, 2.05) is 0 Å². The van der Waals surface area contributed by atoms with Crippen LogP contribution in [0.2, 0.25) is 0 Å². The molecule has 8 heteroatoms. The summed E-state index contributed by atoms with van der Waals surface area (Å²) in [5.74, 6) is -1.02. The molecule has 0 aromatic heterocycles. The first-order valence-corrected chi connectivity index (χ1v) is 6.49. The van der Waals surface area contributed by atoms with Crippen LogP contribution in [-0.4, -0.2) is 29.3 Å². The number of alkyl halides is 3. The smallest absolute Gasteiger partial charge is 0.416 e. The number of nitrogens with zero attached hydrogens (tertiary/aromatic N) is 1. The summed E-state index contributed by atoms with van der Waals surface area (Å²) in [5.41, 5.74) is -1.49. The van der Waals surface area contributed by atoms with Gasteiger partial charge in [-0.2, -0.15) is 13.2 Å². The Morgan fingerprint density at radius 1 is 1.36 bits per heavy atom. The van der Waals surface area contributed by atoms with Gasteiger partial charge in [0.25, 0.3) is 0 Å². The Morgan fingerprint density at radius 2 is 1.95 bits per heavy atom. The van der Waals surface area contributed by atoms with Crippen LogP contribution in [0.25, 0.3) is 0 Å². The zero-order chi connectivity index (χ0) is 16.5. The van der Waals surface area contributed by atoms with Crippen molar-refractivity contribution in [1.29, 1.82) is 0 Å². The molecule has 5 nitrogen and oxygen atoms in total. The normalized spacial score (nSPS) is 21.8. The summed E-state index contributed by atoms with van der Waals surface area (Å²) < 4.78 is 42.6. The number of benzene rings is 1. The lowest BCUT2D eigenvalue weighted by molar-refractivity contribution is -0.138. The molecule has 120 valence electrons. The van der Waals surface area contributed by atoms with Crippen molar-refractivity contribution in [3.8, 4) is 0 Å². The van der Waals surface area contributed by atoms with Gasteiger partial charge in [-0.15, -0.1) is 0 Å². The molecule has 1 N–H and O–H groups in total. The third kappa shape index (κ3) is 3.15. The number of carboxylic acid groups (broad SMARTS) is 1. The first-order valence-electron chi connectivity index (χ1n) is 6.49. The van der Waals surface area contributed by atoms with Crippen LogP contribution in [0.15, 0.2) is 24.3 Å². The molecule has 0 aliphatic carbocycles. The molecule has 1 aromatic carbocycles. The summed E-state index contributed by atoms with van der Waals surface area (Å²) in [5, 5.41) is 8.77. The highest BCUT2D eigenvalue weighted by molar-refractivity contribution is 5.91. The number of amides is 1. The van der Waals surface area contributed by atoms with Gasteiger partial charge in [0.15, 0.2) is 0 Å². The molecule has 0 bridgehead atoms. The minimum atomic E-state index is -4.46. The molecule has 22 heavy (non-hydrogen) atoms. The Balaban J connectivity index is 2.27. The SMILES string of the molecule is CC1(CCC(=O)O)COC(=O)N1c1ccc(C(F)(F)F)cc1. The maximum atomic E-state index is 12.6. The van der Waals surface area contributed by atoms with E-state index in [2.05, 4.69) is 0 Å². The van der Waals surface area contributed by atoms with E-state index in [1.54, 1.807) is 6.92 Å². The van der Waals surface area contributed by atoms with E-state index in [9.17, 15) is 22.8 Å². The van der Waals surface area contributed by atoms with E-state index in [1.165, 1.54) is 17.0 Å². The van der Waals surface area contributed by atoms with E-state index in [-0.39, 0.29) is 25.1 Å². The largest absolute Gasteiger partial charge is 0.481 e. The molecule has 1 fully saturated rings. The standard InChI is InChI=1S/C14H14F3NO4/c1-13(7-6-11(19)20)8-22-12(21)18(13)10-4-2-9(3-5-10)14(15,16)17/h2-5H,6-8H2,1H3,(H,19,20). The van der Waals surface area contributed by atoms with Crippen LogP contribution in [-0.2, 0) is 15.7 Å². The number of rotatable bonds is 4. The molecule has 2 rings (SSSR count). The topological polar surface area (TPSA) is 66.8 Å². The third-order valence-corrected chi connectivity index (χ3v) is 3.56. The summed E-state index contributed by atoms with van der Waals surface area (Å²) in [6, 6.07) is 4.10. The quantitative estimate of drug-likeness (QED) is 0.925. The van der Waals surface area contributed by atoms with Crippen molar-refractivity contribution in [2.75, 3.05) is 11.5 Å². The van der Waals surface area contributed by atoms with Gasteiger partial charge in [0.2, 0.25) is 0 Å². The van der Waals surface area contributed by atoms with E-state index in [4.69, 9.17) is 9.84 Å². The molecule has 1 aromatic rings. The summed E-state index contributed by atoms with van der Waals surface area (Å²) in [6.45, 7) is 1.62. The molecule has 1 amide bonds. The Kier molecular flexibility index (Phi) is 4.04. The number of carbonyl (C=O) groups is 2. The molecule has 1 heterocycles. The minimum absolute atomic E-state index is 0.0138. The second kappa shape index (κ2) is 5.51. The second-order valence-electron chi connectivity index (χ2n) is 5.33. The number of carbonyl (C=O) groups excluding carboxylic acids is 1. The minimum Gasteiger partial charge on any atom is -0.481 e. The van der Waals surface area contributed by atoms with Crippen molar-refractivity contribution < 1.29 is 32.6 Å². The molecule has 0 saturated carbocycles. The maximum absolute atomic E-state index is 12.6. The lowest BCUT2D eigenvalue weighted by Gasteiger charge is -2.31. The van der Waals surface area contributed by atoms with Crippen molar-refractivity contribution in [3.63, 3.8) is 0 Å². The van der Waals surface area contributed by atoms with Crippen LogP contribution >= 0.6 is 0 Å². The lowest BCUT2D eigenvalue weighted by Crippen LogP contribution is -2.45. The van der Waals surface area contributed by atoms with E-state index >= 15 is 0 Å². The van der Waals surface area contributed by atoms with Crippen LogP contribution in [0.5, 0.6) is 0 Å². The average molecular weight is 317 g/mol. The van der Waals surface area contributed by atoms with E-state index in [0.29, 0.717) is 0 Å². The summed E-state index contributed by atoms with van der Waals surface area (Å²) >= 11 is 0. The number of cyclic esters (lactones) is 1. The molecular weight excluding hydrogens is 303 g/mol. The zero-order valence-electron chi connectivity index (χ0n) is 11.7. The van der Waals surface area contributed by atoms with Gasteiger partial charge in [-0.25, -0.2) is 4.79 Å². The van der Waals surface area contributed by atoms with Crippen molar-refractivity contribution in [3.05, 3.63) is 29.8 Å². The van der Waals surface area contributed by atoms with Gasteiger partial charge in [0.05, 0.1) is 11.1 Å².